The molecule has 0 amide bonds. The van der Waals surface area contributed by atoms with Crippen LogP contribution in [0, 0.1) is 5.41 Å². The molecule has 52 valence electrons. The van der Waals surface area contributed by atoms with Gasteiger partial charge >= 0.3 is 0 Å². The third kappa shape index (κ3) is 1.55. The van der Waals surface area contributed by atoms with Crippen molar-refractivity contribution in [1.29, 1.82) is 0 Å². The second kappa shape index (κ2) is 2.53. The van der Waals surface area contributed by atoms with Crippen molar-refractivity contribution in [2.24, 2.45) is 5.41 Å². The summed E-state index contributed by atoms with van der Waals surface area (Å²) >= 11 is 0. The topological polar surface area (TPSA) is 20.2 Å². The molecule has 1 heteroatoms. The van der Waals surface area contributed by atoms with Crippen LogP contribution in [0.1, 0.15) is 26.2 Å². The van der Waals surface area contributed by atoms with Gasteiger partial charge in [-0.15, -0.1) is 0 Å². The minimum atomic E-state index is 0.190. The Balaban J connectivity index is 2.32. The van der Waals surface area contributed by atoms with E-state index in [9.17, 15) is 0 Å². The molecule has 0 aromatic heterocycles. The van der Waals surface area contributed by atoms with Gasteiger partial charge in [0.1, 0.15) is 0 Å². The predicted octanol–water partition coefficient (Wildman–Crippen LogP) is 1.73. The van der Waals surface area contributed by atoms with E-state index in [1.165, 1.54) is 19.3 Å². The zero-order chi connectivity index (χ0) is 6.74. The highest BCUT2D eigenvalue weighted by molar-refractivity contribution is 5.01. The van der Waals surface area contributed by atoms with E-state index in [0.717, 1.165) is 0 Å². The lowest BCUT2D eigenvalue weighted by Gasteiger charge is -2.35. The number of aliphatic hydroxyl groups is 1. The van der Waals surface area contributed by atoms with Crippen LogP contribution in [0.5, 0.6) is 0 Å². The Hall–Kier alpha value is -0.300. The molecule has 1 rings (SSSR count). The summed E-state index contributed by atoms with van der Waals surface area (Å²) in [6.07, 6.45) is 7.93. The van der Waals surface area contributed by atoms with E-state index in [1.54, 1.807) is 0 Å². The van der Waals surface area contributed by atoms with E-state index in [-0.39, 0.29) is 6.61 Å². The Morgan fingerprint density at radius 3 is 2.56 bits per heavy atom. The quantitative estimate of drug-likeness (QED) is 0.558. The second-order valence-electron chi connectivity index (χ2n) is 3.09. The lowest BCUT2D eigenvalue weighted by atomic mass is 9.70. The average Bonchev–Trinajstić information content (AvgIpc) is 1.79. The predicted molar refractivity (Wildman–Crippen MR) is 38.2 cm³/mol. The van der Waals surface area contributed by atoms with Crippen LogP contribution in [0.25, 0.3) is 0 Å². The third-order valence-electron chi connectivity index (χ3n) is 2.12. The summed E-state index contributed by atoms with van der Waals surface area (Å²) in [5.74, 6) is 0. The van der Waals surface area contributed by atoms with Crippen molar-refractivity contribution in [3.05, 3.63) is 12.2 Å². The largest absolute Gasteiger partial charge is 0.392 e. The Kier molecular flexibility index (Phi) is 1.91. The molecule has 0 saturated heterocycles. The summed E-state index contributed by atoms with van der Waals surface area (Å²) < 4.78 is 0. The number of aliphatic hydroxyl groups excluding tert-OH is 1. The van der Waals surface area contributed by atoms with Gasteiger partial charge in [0.05, 0.1) is 6.61 Å². The lowest BCUT2D eigenvalue weighted by Crippen LogP contribution is -2.22. The van der Waals surface area contributed by atoms with E-state index in [2.05, 4.69) is 13.0 Å². The van der Waals surface area contributed by atoms with E-state index in [1.807, 2.05) is 6.08 Å². The van der Waals surface area contributed by atoms with Gasteiger partial charge in [-0.05, 0) is 18.3 Å². The monoisotopic (exact) mass is 126 g/mol. The molecular formula is C8H14O. The summed E-state index contributed by atoms with van der Waals surface area (Å²) in [6, 6.07) is 0. The molecule has 0 aliphatic heterocycles. The SMILES string of the molecule is CC1(/C=C/CO)CCC1. The molecule has 1 aliphatic rings. The highest BCUT2D eigenvalue weighted by atomic mass is 16.2. The molecule has 0 unspecified atom stereocenters. The van der Waals surface area contributed by atoms with Crippen LogP contribution in [0.15, 0.2) is 12.2 Å². The Morgan fingerprint density at radius 1 is 1.56 bits per heavy atom. The highest BCUT2D eigenvalue weighted by Crippen LogP contribution is 2.41. The first-order valence-electron chi connectivity index (χ1n) is 3.55. The molecule has 0 aromatic rings. The minimum Gasteiger partial charge on any atom is -0.392 e. The van der Waals surface area contributed by atoms with Gasteiger partial charge in [-0.1, -0.05) is 25.5 Å². The maximum atomic E-state index is 8.46. The van der Waals surface area contributed by atoms with Gasteiger partial charge in [0.15, 0.2) is 0 Å². The molecule has 9 heavy (non-hydrogen) atoms. The van der Waals surface area contributed by atoms with Gasteiger partial charge in [-0.25, -0.2) is 0 Å². The molecule has 0 bridgehead atoms. The molecule has 1 aliphatic carbocycles. The van der Waals surface area contributed by atoms with E-state index >= 15 is 0 Å². The highest BCUT2D eigenvalue weighted by Gasteiger charge is 2.27. The number of allylic oxidation sites excluding steroid dienone is 1. The summed E-state index contributed by atoms with van der Waals surface area (Å²) in [4.78, 5) is 0. The molecule has 0 spiro atoms. The molecule has 0 atom stereocenters. The third-order valence-corrected chi connectivity index (χ3v) is 2.12. The van der Waals surface area contributed by atoms with Crippen LogP contribution in [-0.4, -0.2) is 11.7 Å². The molecule has 0 aromatic carbocycles. The standard InChI is InChI=1S/C8H14O/c1-8(4-2-5-8)6-3-7-9/h3,6,9H,2,4-5,7H2,1H3/b6-3+. The van der Waals surface area contributed by atoms with E-state index in [4.69, 9.17) is 5.11 Å². The van der Waals surface area contributed by atoms with Crippen LogP contribution >= 0.6 is 0 Å². The van der Waals surface area contributed by atoms with Crippen molar-refractivity contribution in [1.82, 2.24) is 0 Å². The molecule has 0 heterocycles. The lowest BCUT2D eigenvalue weighted by molar-refractivity contribution is 0.231. The van der Waals surface area contributed by atoms with Gasteiger partial charge in [0.2, 0.25) is 0 Å². The molecule has 1 saturated carbocycles. The van der Waals surface area contributed by atoms with Crippen molar-refractivity contribution in [2.75, 3.05) is 6.61 Å². The normalized spacial score (nSPS) is 24.2. The fraction of sp³-hybridized carbons (Fsp3) is 0.750. The zero-order valence-electron chi connectivity index (χ0n) is 5.93. The van der Waals surface area contributed by atoms with E-state index in [0.29, 0.717) is 5.41 Å². The first kappa shape index (κ1) is 6.81. The van der Waals surface area contributed by atoms with Gasteiger partial charge in [0, 0.05) is 0 Å². The maximum absolute atomic E-state index is 8.46. The summed E-state index contributed by atoms with van der Waals surface area (Å²) in [6.45, 7) is 2.43. The van der Waals surface area contributed by atoms with Crippen LogP contribution in [-0.2, 0) is 0 Å². The first-order valence-corrected chi connectivity index (χ1v) is 3.55. The van der Waals surface area contributed by atoms with Crippen LogP contribution in [0.2, 0.25) is 0 Å². The Morgan fingerprint density at radius 2 is 2.22 bits per heavy atom. The summed E-state index contributed by atoms with van der Waals surface area (Å²) in [5, 5.41) is 8.46. The van der Waals surface area contributed by atoms with E-state index < -0.39 is 0 Å². The van der Waals surface area contributed by atoms with Crippen LogP contribution in [0.3, 0.4) is 0 Å². The van der Waals surface area contributed by atoms with Gasteiger partial charge in [-0.3, -0.25) is 0 Å². The second-order valence-corrected chi connectivity index (χ2v) is 3.09. The minimum absolute atomic E-state index is 0.190. The van der Waals surface area contributed by atoms with Crippen LogP contribution < -0.4 is 0 Å². The summed E-state index contributed by atoms with van der Waals surface area (Å²) in [5.41, 5.74) is 0.433. The maximum Gasteiger partial charge on any atom is 0.0612 e. The summed E-state index contributed by atoms with van der Waals surface area (Å²) in [7, 11) is 0. The average molecular weight is 126 g/mol. The van der Waals surface area contributed by atoms with Crippen molar-refractivity contribution in [2.45, 2.75) is 26.2 Å². The van der Waals surface area contributed by atoms with Crippen molar-refractivity contribution in [3.63, 3.8) is 0 Å². The smallest absolute Gasteiger partial charge is 0.0612 e. The molecule has 1 fully saturated rings. The van der Waals surface area contributed by atoms with Gasteiger partial charge < -0.3 is 5.11 Å². The molecule has 1 N–H and O–H groups in total. The van der Waals surface area contributed by atoms with Crippen molar-refractivity contribution >= 4 is 0 Å². The van der Waals surface area contributed by atoms with Gasteiger partial charge in [-0.2, -0.15) is 0 Å². The number of rotatable bonds is 2. The Bertz CT molecular complexity index is 112. The fourth-order valence-corrected chi connectivity index (χ4v) is 1.24. The van der Waals surface area contributed by atoms with Crippen LogP contribution in [0.4, 0.5) is 0 Å². The number of hydrogen-bond donors (Lipinski definition) is 1. The van der Waals surface area contributed by atoms with Gasteiger partial charge in [0.25, 0.3) is 0 Å². The Labute approximate surface area is 56.4 Å². The molecular weight excluding hydrogens is 112 g/mol. The van der Waals surface area contributed by atoms with Crippen molar-refractivity contribution in [3.8, 4) is 0 Å². The number of hydrogen-bond acceptors (Lipinski definition) is 1. The van der Waals surface area contributed by atoms with Crippen molar-refractivity contribution < 1.29 is 5.11 Å². The molecule has 0 radical (unpaired) electrons. The molecule has 1 nitrogen and oxygen atoms in total. The fourth-order valence-electron chi connectivity index (χ4n) is 1.24. The zero-order valence-corrected chi connectivity index (χ0v) is 5.93. The first-order chi connectivity index (χ1) is 4.27.